The standard InChI is InChI=1S/C12H10FNO4/c1-5(13)10(15)17-8-6-2-7-9(8)18-11(16)12(7,3-6)4-14/h6-9H,1-3H2. The molecule has 0 N–H and O–H groups in total. The number of hydrogen-bond acceptors (Lipinski definition) is 5. The summed E-state index contributed by atoms with van der Waals surface area (Å²) in [5.74, 6) is -3.20. The first-order valence-corrected chi connectivity index (χ1v) is 5.67. The van der Waals surface area contributed by atoms with Gasteiger partial charge in [0.2, 0.25) is 5.83 Å². The van der Waals surface area contributed by atoms with Gasteiger partial charge in [0.1, 0.15) is 12.2 Å². The van der Waals surface area contributed by atoms with Gasteiger partial charge < -0.3 is 9.47 Å². The summed E-state index contributed by atoms with van der Waals surface area (Å²) in [6.45, 7) is 2.86. The summed E-state index contributed by atoms with van der Waals surface area (Å²) >= 11 is 0. The molecule has 0 spiro atoms. The number of hydrogen-bond donors (Lipinski definition) is 0. The number of carbonyl (C=O) groups is 2. The highest BCUT2D eigenvalue weighted by atomic mass is 19.1. The van der Waals surface area contributed by atoms with Crippen LogP contribution in [0.2, 0.25) is 0 Å². The summed E-state index contributed by atoms with van der Waals surface area (Å²) in [5.41, 5.74) is -1.08. The van der Waals surface area contributed by atoms with E-state index in [1.54, 1.807) is 0 Å². The molecule has 0 aromatic heterocycles. The highest BCUT2D eigenvalue weighted by Crippen LogP contribution is 2.62. The molecule has 5 atom stereocenters. The Kier molecular flexibility index (Phi) is 2.06. The van der Waals surface area contributed by atoms with E-state index in [1.165, 1.54) is 0 Å². The number of carbonyl (C=O) groups excluding carboxylic acids is 2. The highest BCUT2D eigenvalue weighted by Gasteiger charge is 2.72. The Hall–Kier alpha value is -1.90. The van der Waals surface area contributed by atoms with Crippen LogP contribution in [-0.2, 0) is 19.1 Å². The first-order valence-electron chi connectivity index (χ1n) is 5.67. The van der Waals surface area contributed by atoms with Crippen molar-refractivity contribution in [2.45, 2.75) is 25.0 Å². The molecule has 94 valence electrons. The molecule has 2 aliphatic carbocycles. The average molecular weight is 251 g/mol. The van der Waals surface area contributed by atoms with E-state index in [9.17, 15) is 14.0 Å². The van der Waals surface area contributed by atoms with Gasteiger partial charge in [0.05, 0.1) is 6.07 Å². The van der Waals surface area contributed by atoms with Gasteiger partial charge in [0.25, 0.3) is 0 Å². The fourth-order valence-electron chi connectivity index (χ4n) is 3.48. The van der Waals surface area contributed by atoms with Crippen LogP contribution in [0.5, 0.6) is 0 Å². The second-order valence-corrected chi connectivity index (χ2v) is 5.03. The minimum atomic E-state index is -1.17. The molecule has 3 fully saturated rings. The van der Waals surface area contributed by atoms with Crippen LogP contribution in [-0.4, -0.2) is 24.1 Å². The lowest BCUT2D eigenvalue weighted by molar-refractivity contribution is -0.159. The van der Waals surface area contributed by atoms with Crippen molar-refractivity contribution >= 4 is 11.9 Å². The van der Waals surface area contributed by atoms with Gasteiger partial charge in [-0.3, -0.25) is 4.79 Å². The van der Waals surface area contributed by atoms with Gasteiger partial charge in [-0.25, -0.2) is 4.79 Å². The molecule has 1 aliphatic heterocycles. The smallest absolute Gasteiger partial charge is 0.366 e. The van der Waals surface area contributed by atoms with Crippen molar-refractivity contribution in [1.82, 2.24) is 0 Å². The average Bonchev–Trinajstić information content (AvgIpc) is 2.90. The van der Waals surface area contributed by atoms with Gasteiger partial charge in [0, 0.05) is 11.8 Å². The van der Waals surface area contributed by atoms with Crippen molar-refractivity contribution in [3.8, 4) is 6.07 Å². The SMILES string of the molecule is C=C(F)C(=O)OC1C2CC3C1OC(=O)C3(C#N)C2. The second kappa shape index (κ2) is 3.31. The Morgan fingerprint density at radius 2 is 2.39 bits per heavy atom. The maximum Gasteiger partial charge on any atom is 0.366 e. The topological polar surface area (TPSA) is 76.4 Å². The molecule has 1 saturated heterocycles. The van der Waals surface area contributed by atoms with E-state index in [1.807, 2.05) is 6.07 Å². The summed E-state index contributed by atoms with van der Waals surface area (Å²) in [6.07, 6.45) is -0.344. The largest absolute Gasteiger partial charge is 0.457 e. The van der Waals surface area contributed by atoms with Crippen LogP contribution < -0.4 is 0 Å². The van der Waals surface area contributed by atoms with Crippen LogP contribution >= 0.6 is 0 Å². The van der Waals surface area contributed by atoms with E-state index in [-0.39, 0.29) is 11.8 Å². The fourth-order valence-corrected chi connectivity index (χ4v) is 3.48. The van der Waals surface area contributed by atoms with Gasteiger partial charge >= 0.3 is 11.9 Å². The van der Waals surface area contributed by atoms with Crippen LogP contribution in [0.15, 0.2) is 12.4 Å². The first kappa shape index (κ1) is 11.2. The second-order valence-electron chi connectivity index (χ2n) is 5.03. The lowest BCUT2D eigenvalue weighted by Gasteiger charge is -2.27. The Bertz CT molecular complexity index is 511. The Morgan fingerprint density at radius 3 is 3.00 bits per heavy atom. The van der Waals surface area contributed by atoms with Crippen molar-refractivity contribution < 1.29 is 23.5 Å². The maximum atomic E-state index is 12.6. The summed E-state index contributed by atoms with van der Waals surface area (Å²) in [6, 6.07) is 2.04. The highest BCUT2D eigenvalue weighted by molar-refractivity contribution is 5.86. The molecule has 0 radical (unpaired) electrons. The van der Waals surface area contributed by atoms with E-state index in [2.05, 4.69) is 6.58 Å². The van der Waals surface area contributed by atoms with Crippen molar-refractivity contribution in [1.29, 1.82) is 5.26 Å². The van der Waals surface area contributed by atoms with Crippen LogP contribution in [0.3, 0.4) is 0 Å². The maximum absolute atomic E-state index is 12.6. The number of nitrogens with zero attached hydrogens (tertiary/aromatic N) is 1. The van der Waals surface area contributed by atoms with Crippen molar-refractivity contribution in [3.63, 3.8) is 0 Å². The Balaban J connectivity index is 1.85. The van der Waals surface area contributed by atoms with E-state index in [4.69, 9.17) is 14.7 Å². The lowest BCUT2D eigenvalue weighted by Crippen LogP contribution is -2.39. The third kappa shape index (κ3) is 1.14. The predicted octanol–water partition coefficient (Wildman–Crippen LogP) is 0.857. The van der Waals surface area contributed by atoms with Gasteiger partial charge in [-0.1, -0.05) is 6.58 Å². The summed E-state index contributed by atoms with van der Waals surface area (Å²) in [7, 11) is 0. The molecule has 18 heavy (non-hydrogen) atoms. The van der Waals surface area contributed by atoms with E-state index >= 15 is 0 Å². The molecule has 2 saturated carbocycles. The number of fused-ring (bicyclic) bond motifs is 1. The molecule has 0 amide bonds. The van der Waals surface area contributed by atoms with Crippen LogP contribution in [0.1, 0.15) is 12.8 Å². The molecule has 5 unspecified atom stereocenters. The molecular formula is C12H10FNO4. The number of rotatable bonds is 2. The summed E-state index contributed by atoms with van der Waals surface area (Å²) in [4.78, 5) is 22.9. The zero-order valence-electron chi connectivity index (χ0n) is 9.39. The Morgan fingerprint density at radius 1 is 1.67 bits per heavy atom. The monoisotopic (exact) mass is 251 g/mol. The molecule has 1 heterocycles. The first-order chi connectivity index (χ1) is 8.49. The normalized spacial score (nSPS) is 43.4. The molecule has 0 aromatic carbocycles. The molecule has 3 rings (SSSR count). The van der Waals surface area contributed by atoms with E-state index in [0.717, 1.165) is 0 Å². The van der Waals surface area contributed by atoms with E-state index in [0.29, 0.717) is 12.8 Å². The summed E-state index contributed by atoms with van der Waals surface area (Å²) < 4.78 is 22.7. The third-order valence-corrected chi connectivity index (χ3v) is 4.23. The number of nitriles is 1. The van der Waals surface area contributed by atoms with Gasteiger partial charge in [-0.05, 0) is 12.8 Å². The van der Waals surface area contributed by atoms with Crippen LogP contribution in [0.25, 0.3) is 0 Å². The van der Waals surface area contributed by atoms with Crippen molar-refractivity contribution in [2.75, 3.05) is 0 Å². The van der Waals surface area contributed by atoms with Crippen molar-refractivity contribution in [2.24, 2.45) is 17.3 Å². The molecular weight excluding hydrogens is 241 g/mol. The molecule has 6 heteroatoms. The Labute approximate surface area is 102 Å². The molecule has 2 bridgehead atoms. The minimum Gasteiger partial charge on any atom is -0.457 e. The number of ether oxygens (including phenoxy) is 2. The number of esters is 2. The van der Waals surface area contributed by atoms with Crippen LogP contribution in [0, 0.1) is 28.6 Å². The van der Waals surface area contributed by atoms with E-state index < -0.39 is 35.4 Å². The molecule has 0 aromatic rings. The zero-order chi connectivity index (χ0) is 13.1. The third-order valence-electron chi connectivity index (χ3n) is 4.23. The predicted molar refractivity (Wildman–Crippen MR) is 54.3 cm³/mol. The lowest BCUT2D eigenvalue weighted by atomic mass is 9.75. The van der Waals surface area contributed by atoms with Gasteiger partial charge in [-0.15, -0.1) is 0 Å². The quantitative estimate of drug-likeness (QED) is 0.537. The van der Waals surface area contributed by atoms with Crippen LogP contribution in [0.4, 0.5) is 4.39 Å². The molecule has 3 aliphatic rings. The van der Waals surface area contributed by atoms with Gasteiger partial charge in [0.15, 0.2) is 5.41 Å². The number of halogens is 1. The zero-order valence-corrected chi connectivity index (χ0v) is 9.39. The minimum absolute atomic E-state index is 0.116. The fraction of sp³-hybridized carbons (Fsp3) is 0.583. The summed E-state index contributed by atoms with van der Waals surface area (Å²) in [5, 5.41) is 9.16. The molecule has 5 nitrogen and oxygen atoms in total. The van der Waals surface area contributed by atoms with Gasteiger partial charge in [-0.2, -0.15) is 9.65 Å². The van der Waals surface area contributed by atoms with Crippen molar-refractivity contribution in [3.05, 3.63) is 12.4 Å².